The molecular formula is C15H27N3. The standard InChI is InChI=1S/C15H27N3/c1-6-7-8-18(5)14-10-12(11-16)9-13(17-14)15(2,3)4/h9-10H,6-8,11,16H2,1-5H3. The number of hydrogen-bond acceptors (Lipinski definition) is 3. The van der Waals surface area contributed by atoms with Gasteiger partial charge in [0.25, 0.3) is 0 Å². The predicted octanol–water partition coefficient (Wildman–Crippen LogP) is 3.07. The summed E-state index contributed by atoms with van der Waals surface area (Å²) in [5.41, 5.74) is 8.12. The molecule has 0 spiro atoms. The molecule has 18 heavy (non-hydrogen) atoms. The first-order valence-corrected chi connectivity index (χ1v) is 6.81. The van der Waals surface area contributed by atoms with E-state index in [1.165, 1.54) is 12.8 Å². The first kappa shape index (κ1) is 15.0. The van der Waals surface area contributed by atoms with Crippen LogP contribution in [0.1, 0.15) is 51.8 Å². The van der Waals surface area contributed by atoms with E-state index in [2.05, 4.69) is 51.8 Å². The monoisotopic (exact) mass is 249 g/mol. The molecule has 0 aliphatic carbocycles. The number of aromatic nitrogens is 1. The van der Waals surface area contributed by atoms with Gasteiger partial charge >= 0.3 is 0 Å². The summed E-state index contributed by atoms with van der Waals surface area (Å²) < 4.78 is 0. The van der Waals surface area contributed by atoms with Crippen molar-refractivity contribution in [2.45, 2.75) is 52.5 Å². The fraction of sp³-hybridized carbons (Fsp3) is 0.667. The van der Waals surface area contributed by atoms with Gasteiger partial charge < -0.3 is 10.6 Å². The molecule has 1 aromatic rings. The van der Waals surface area contributed by atoms with E-state index in [1.54, 1.807) is 0 Å². The van der Waals surface area contributed by atoms with Crippen LogP contribution in [0.25, 0.3) is 0 Å². The Morgan fingerprint density at radius 2 is 1.94 bits per heavy atom. The Bertz CT molecular complexity index is 380. The molecule has 0 radical (unpaired) electrons. The van der Waals surface area contributed by atoms with Gasteiger partial charge in [-0.3, -0.25) is 0 Å². The van der Waals surface area contributed by atoms with Gasteiger partial charge in [0.2, 0.25) is 0 Å². The van der Waals surface area contributed by atoms with E-state index < -0.39 is 0 Å². The first-order valence-electron chi connectivity index (χ1n) is 6.81. The van der Waals surface area contributed by atoms with Crippen LogP contribution in [0.5, 0.6) is 0 Å². The largest absolute Gasteiger partial charge is 0.360 e. The number of rotatable bonds is 5. The van der Waals surface area contributed by atoms with Crippen molar-refractivity contribution in [2.75, 3.05) is 18.5 Å². The summed E-state index contributed by atoms with van der Waals surface area (Å²) in [4.78, 5) is 7.00. The molecule has 1 aromatic heterocycles. The lowest BCUT2D eigenvalue weighted by atomic mass is 9.90. The minimum atomic E-state index is 0.0610. The van der Waals surface area contributed by atoms with Gasteiger partial charge in [0.1, 0.15) is 5.82 Å². The van der Waals surface area contributed by atoms with E-state index in [1.807, 2.05) is 0 Å². The number of pyridine rings is 1. The van der Waals surface area contributed by atoms with Gasteiger partial charge in [-0.2, -0.15) is 0 Å². The first-order chi connectivity index (χ1) is 8.38. The molecule has 0 bridgehead atoms. The Hall–Kier alpha value is -1.09. The van der Waals surface area contributed by atoms with Gasteiger partial charge in [-0.15, -0.1) is 0 Å². The average Bonchev–Trinajstić information content (AvgIpc) is 2.34. The topological polar surface area (TPSA) is 42.1 Å². The molecule has 3 heteroatoms. The van der Waals surface area contributed by atoms with Crippen LogP contribution in [-0.2, 0) is 12.0 Å². The lowest BCUT2D eigenvalue weighted by molar-refractivity contribution is 0.566. The fourth-order valence-electron chi connectivity index (χ4n) is 1.78. The summed E-state index contributed by atoms with van der Waals surface area (Å²) in [6, 6.07) is 4.22. The fourth-order valence-corrected chi connectivity index (χ4v) is 1.78. The van der Waals surface area contributed by atoms with Crippen molar-refractivity contribution in [3.63, 3.8) is 0 Å². The Morgan fingerprint density at radius 3 is 2.44 bits per heavy atom. The molecule has 1 rings (SSSR count). The highest BCUT2D eigenvalue weighted by molar-refractivity contribution is 5.43. The second-order valence-electron chi connectivity index (χ2n) is 5.95. The Labute approximate surface area is 111 Å². The summed E-state index contributed by atoms with van der Waals surface area (Å²) in [5, 5.41) is 0. The van der Waals surface area contributed by atoms with Gasteiger partial charge in [-0.1, -0.05) is 34.1 Å². The van der Waals surface area contributed by atoms with E-state index in [4.69, 9.17) is 10.7 Å². The van der Waals surface area contributed by atoms with E-state index in [0.717, 1.165) is 23.6 Å². The molecule has 2 N–H and O–H groups in total. The van der Waals surface area contributed by atoms with Crippen LogP contribution in [0.2, 0.25) is 0 Å². The quantitative estimate of drug-likeness (QED) is 0.872. The highest BCUT2D eigenvalue weighted by Crippen LogP contribution is 2.24. The van der Waals surface area contributed by atoms with Crippen LogP contribution in [0, 0.1) is 0 Å². The summed E-state index contributed by atoms with van der Waals surface area (Å²) in [6.45, 7) is 10.4. The molecule has 0 fully saturated rings. The number of anilines is 1. The second-order valence-corrected chi connectivity index (χ2v) is 5.95. The zero-order chi connectivity index (χ0) is 13.8. The van der Waals surface area contributed by atoms with E-state index in [9.17, 15) is 0 Å². The maximum Gasteiger partial charge on any atom is 0.128 e. The van der Waals surface area contributed by atoms with Gasteiger partial charge in [0.05, 0.1) is 0 Å². The van der Waals surface area contributed by atoms with Gasteiger partial charge in [-0.05, 0) is 24.1 Å². The number of hydrogen-bond donors (Lipinski definition) is 1. The van der Waals surface area contributed by atoms with Crippen LogP contribution in [0.4, 0.5) is 5.82 Å². The molecule has 0 saturated heterocycles. The highest BCUT2D eigenvalue weighted by Gasteiger charge is 2.17. The van der Waals surface area contributed by atoms with Gasteiger partial charge in [0, 0.05) is 31.2 Å². The third-order valence-electron chi connectivity index (χ3n) is 3.11. The smallest absolute Gasteiger partial charge is 0.128 e. The van der Waals surface area contributed by atoms with Crippen molar-refractivity contribution < 1.29 is 0 Å². The number of nitrogens with two attached hydrogens (primary N) is 1. The van der Waals surface area contributed by atoms with Crippen LogP contribution < -0.4 is 10.6 Å². The van der Waals surface area contributed by atoms with Crippen molar-refractivity contribution in [1.82, 2.24) is 4.98 Å². The molecule has 0 aliphatic rings. The summed E-state index contributed by atoms with van der Waals surface area (Å²) in [6.07, 6.45) is 2.39. The zero-order valence-electron chi connectivity index (χ0n) is 12.5. The predicted molar refractivity (Wildman–Crippen MR) is 79.0 cm³/mol. The van der Waals surface area contributed by atoms with Crippen molar-refractivity contribution >= 4 is 5.82 Å². The minimum Gasteiger partial charge on any atom is -0.360 e. The Balaban J connectivity index is 3.04. The van der Waals surface area contributed by atoms with Crippen LogP contribution in [0.15, 0.2) is 12.1 Å². The van der Waals surface area contributed by atoms with Crippen molar-refractivity contribution in [3.05, 3.63) is 23.4 Å². The Kier molecular flexibility index (Phi) is 5.15. The Morgan fingerprint density at radius 1 is 1.28 bits per heavy atom. The van der Waals surface area contributed by atoms with Crippen LogP contribution in [-0.4, -0.2) is 18.6 Å². The molecule has 1 heterocycles. The zero-order valence-corrected chi connectivity index (χ0v) is 12.5. The molecule has 0 atom stereocenters. The maximum atomic E-state index is 5.78. The second kappa shape index (κ2) is 6.19. The summed E-state index contributed by atoms with van der Waals surface area (Å²) in [5.74, 6) is 1.04. The molecule has 0 aliphatic heterocycles. The summed E-state index contributed by atoms with van der Waals surface area (Å²) >= 11 is 0. The highest BCUT2D eigenvalue weighted by atomic mass is 15.2. The lowest BCUT2D eigenvalue weighted by Gasteiger charge is -2.24. The third-order valence-corrected chi connectivity index (χ3v) is 3.11. The number of nitrogens with zero attached hydrogens (tertiary/aromatic N) is 2. The van der Waals surface area contributed by atoms with Crippen LogP contribution >= 0.6 is 0 Å². The molecule has 0 amide bonds. The van der Waals surface area contributed by atoms with E-state index >= 15 is 0 Å². The van der Waals surface area contributed by atoms with Crippen molar-refractivity contribution in [2.24, 2.45) is 5.73 Å². The van der Waals surface area contributed by atoms with Crippen molar-refractivity contribution in [1.29, 1.82) is 0 Å². The van der Waals surface area contributed by atoms with E-state index in [0.29, 0.717) is 6.54 Å². The number of unbranched alkanes of at least 4 members (excludes halogenated alkanes) is 1. The molecule has 3 nitrogen and oxygen atoms in total. The van der Waals surface area contributed by atoms with Gasteiger partial charge in [-0.25, -0.2) is 4.98 Å². The lowest BCUT2D eigenvalue weighted by Crippen LogP contribution is -2.23. The van der Waals surface area contributed by atoms with Crippen LogP contribution in [0.3, 0.4) is 0 Å². The summed E-state index contributed by atoms with van der Waals surface area (Å²) in [7, 11) is 2.10. The maximum absolute atomic E-state index is 5.78. The molecular weight excluding hydrogens is 222 g/mol. The molecule has 0 saturated carbocycles. The van der Waals surface area contributed by atoms with E-state index in [-0.39, 0.29) is 5.41 Å². The normalized spacial score (nSPS) is 11.7. The third kappa shape index (κ3) is 3.98. The molecule has 102 valence electrons. The molecule has 0 aromatic carbocycles. The minimum absolute atomic E-state index is 0.0610. The molecule has 0 unspecified atom stereocenters. The van der Waals surface area contributed by atoms with Gasteiger partial charge in [0.15, 0.2) is 0 Å². The average molecular weight is 249 g/mol. The SMILES string of the molecule is CCCCN(C)c1cc(CN)cc(C(C)(C)C)n1. The van der Waals surface area contributed by atoms with Crippen molar-refractivity contribution in [3.8, 4) is 0 Å².